The van der Waals surface area contributed by atoms with E-state index in [4.69, 9.17) is 19.6 Å². The van der Waals surface area contributed by atoms with Crippen LogP contribution < -0.4 is 15.4 Å². The minimum absolute atomic E-state index is 0.0000281. The molecule has 0 saturated carbocycles. The summed E-state index contributed by atoms with van der Waals surface area (Å²) in [6.45, 7) is 0. The van der Waals surface area contributed by atoms with Crippen LogP contribution in [0.2, 0.25) is 0 Å². The average Bonchev–Trinajstić information content (AvgIpc) is 3.16. The van der Waals surface area contributed by atoms with Crippen LogP contribution >= 0.6 is 0 Å². The number of aromatic nitrogens is 1. The molecule has 0 unspecified atom stereocenters. The molecule has 164 valence electrons. The number of primary sulfonamides is 1. The third-order valence-corrected chi connectivity index (χ3v) is 5.55. The molecular weight excluding hydrogens is 429 g/mol. The van der Waals surface area contributed by atoms with E-state index in [1.807, 2.05) is 0 Å². The highest BCUT2D eigenvalue weighted by molar-refractivity contribution is 7.89. The number of nitrogens with one attached hydrogen (secondary N) is 1. The molecule has 0 radical (unpaired) electrons. The Morgan fingerprint density at radius 3 is 2.68 bits per heavy atom. The van der Waals surface area contributed by atoms with Crippen LogP contribution in [0.15, 0.2) is 51.9 Å². The minimum atomic E-state index is -4.09. The summed E-state index contributed by atoms with van der Waals surface area (Å²) in [5.74, 6) is -0.889. The second kappa shape index (κ2) is 9.25. The molecule has 4 N–H and O–H groups in total. The van der Waals surface area contributed by atoms with Gasteiger partial charge in [0.25, 0.3) is 0 Å². The lowest BCUT2D eigenvalue weighted by Crippen LogP contribution is -2.18. The number of halogens is 1. The van der Waals surface area contributed by atoms with E-state index in [1.165, 1.54) is 31.4 Å². The summed E-state index contributed by atoms with van der Waals surface area (Å²) >= 11 is 0. The van der Waals surface area contributed by atoms with Crippen LogP contribution in [0.25, 0.3) is 22.4 Å². The number of carbonyl (C=O) groups is 1. The Hall–Kier alpha value is -3.28. The number of carbonyl (C=O) groups excluding carboxylic acids is 1. The molecule has 31 heavy (non-hydrogen) atoms. The molecular formula is C20H20FN3O6S. The number of nitrogens with zero attached hydrogens (tertiary/aromatic N) is 1. The van der Waals surface area contributed by atoms with Crippen LogP contribution in [0.3, 0.4) is 0 Å². The third kappa shape index (κ3) is 4.90. The van der Waals surface area contributed by atoms with Crippen molar-refractivity contribution in [1.82, 2.24) is 10.6 Å². The number of methoxy groups -OCH3 is 1. The van der Waals surface area contributed by atoms with Gasteiger partial charge in [-0.2, -0.15) is 0 Å². The fourth-order valence-corrected chi connectivity index (χ4v) is 3.91. The van der Waals surface area contributed by atoms with Crippen LogP contribution in [0.1, 0.15) is 18.6 Å². The Bertz CT molecular complexity index is 1210. The van der Waals surface area contributed by atoms with Crippen molar-refractivity contribution >= 4 is 15.9 Å². The number of aryl methyl sites for hydroxylation is 1. The van der Waals surface area contributed by atoms with Gasteiger partial charge in [0, 0.05) is 24.0 Å². The lowest BCUT2D eigenvalue weighted by molar-refractivity contribution is -0.129. The van der Waals surface area contributed by atoms with Crippen LogP contribution in [0.4, 0.5) is 4.39 Å². The SMILES string of the molecule is COc1ccc(-c2noc(CCCC(=O)NO)c2-c2ccccc2S(N)(=O)=O)cc1F. The maximum Gasteiger partial charge on any atom is 0.243 e. The first kappa shape index (κ1) is 22.4. The summed E-state index contributed by atoms with van der Waals surface area (Å²) in [6, 6.07) is 10.2. The Morgan fingerprint density at radius 1 is 1.29 bits per heavy atom. The smallest absolute Gasteiger partial charge is 0.243 e. The van der Waals surface area contributed by atoms with Gasteiger partial charge in [0.1, 0.15) is 11.5 Å². The van der Waals surface area contributed by atoms with E-state index in [1.54, 1.807) is 23.7 Å². The van der Waals surface area contributed by atoms with E-state index in [0.717, 1.165) is 0 Å². The van der Waals surface area contributed by atoms with Gasteiger partial charge in [-0.25, -0.2) is 23.4 Å². The number of amides is 1. The van der Waals surface area contributed by atoms with E-state index in [2.05, 4.69) is 5.16 Å². The molecule has 1 heterocycles. The van der Waals surface area contributed by atoms with E-state index >= 15 is 0 Å². The highest BCUT2D eigenvalue weighted by Gasteiger charge is 2.25. The summed E-state index contributed by atoms with van der Waals surface area (Å²) in [7, 11) is -2.76. The zero-order valence-corrected chi connectivity index (χ0v) is 17.3. The van der Waals surface area contributed by atoms with Crippen molar-refractivity contribution in [2.24, 2.45) is 5.14 Å². The Kier molecular flexibility index (Phi) is 6.68. The quantitative estimate of drug-likeness (QED) is 0.354. The standard InChI is InChI=1S/C20H20FN3O6S/c1-29-15-10-9-12(11-14(15)21)20-19(13-5-2-3-7-17(13)31(22,27)28)16(30-24-20)6-4-8-18(25)23-26/h2-3,5,7,9-11,26H,4,6,8H2,1H3,(H,23,25)(H2,22,27,28). The molecule has 0 fully saturated rings. The zero-order valence-electron chi connectivity index (χ0n) is 16.5. The van der Waals surface area contributed by atoms with E-state index in [9.17, 15) is 17.6 Å². The first-order valence-electron chi connectivity index (χ1n) is 9.14. The molecule has 0 atom stereocenters. The Morgan fingerprint density at radius 2 is 2.03 bits per heavy atom. The molecule has 3 rings (SSSR count). The number of hydrogen-bond acceptors (Lipinski definition) is 7. The van der Waals surface area contributed by atoms with Gasteiger partial charge in [0.15, 0.2) is 11.6 Å². The number of rotatable bonds is 8. The number of benzene rings is 2. The van der Waals surface area contributed by atoms with Crippen molar-refractivity contribution in [3.05, 3.63) is 54.0 Å². The maximum atomic E-state index is 14.3. The van der Waals surface area contributed by atoms with Crippen LogP contribution in [-0.2, 0) is 21.2 Å². The molecule has 0 spiro atoms. The predicted octanol–water partition coefficient (Wildman–Crippen LogP) is 2.63. The molecule has 11 heteroatoms. The van der Waals surface area contributed by atoms with E-state index in [-0.39, 0.29) is 46.9 Å². The monoisotopic (exact) mass is 449 g/mol. The number of hydroxylamine groups is 1. The van der Waals surface area contributed by atoms with E-state index < -0.39 is 21.7 Å². The van der Waals surface area contributed by atoms with Crippen molar-refractivity contribution in [2.45, 2.75) is 24.2 Å². The molecule has 0 bridgehead atoms. The van der Waals surface area contributed by atoms with Crippen molar-refractivity contribution in [3.8, 4) is 28.1 Å². The highest BCUT2D eigenvalue weighted by Crippen LogP contribution is 2.39. The number of sulfonamides is 1. The van der Waals surface area contributed by atoms with Gasteiger partial charge in [0.05, 0.1) is 17.6 Å². The fraction of sp³-hybridized carbons (Fsp3) is 0.200. The van der Waals surface area contributed by atoms with Crippen LogP contribution in [0, 0.1) is 5.82 Å². The second-order valence-corrected chi connectivity index (χ2v) is 8.14. The molecule has 3 aromatic rings. The summed E-state index contributed by atoms with van der Waals surface area (Å²) < 4.78 is 49.0. The normalized spacial score (nSPS) is 11.4. The van der Waals surface area contributed by atoms with Gasteiger partial charge < -0.3 is 9.26 Å². The van der Waals surface area contributed by atoms with Gasteiger partial charge in [-0.3, -0.25) is 10.0 Å². The van der Waals surface area contributed by atoms with Gasteiger partial charge in [-0.1, -0.05) is 23.4 Å². The first-order valence-corrected chi connectivity index (χ1v) is 10.7. The molecule has 1 aromatic heterocycles. The minimum Gasteiger partial charge on any atom is -0.494 e. The zero-order chi connectivity index (χ0) is 22.6. The van der Waals surface area contributed by atoms with Crippen LogP contribution in [-0.4, -0.2) is 31.8 Å². The lowest BCUT2D eigenvalue weighted by atomic mass is 9.97. The topological polar surface area (TPSA) is 145 Å². The predicted molar refractivity (Wildman–Crippen MR) is 108 cm³/mol. The lowest BCUT2D eigenvalue weighted by Gasteiger charge is -2.10. The number of nitrogens with two attached hydrogens (primary N) is 1. The van der Waals surface area contributed by atoms with Gasteiger partial charge in [-0.15, -0.1) is 0 Å². The Balaban J connectivity index is 2.16. The molecule has 9 nitrogen and oxygen atoms in total. The Labute approximate surface area is 177 Å². The van der Waals surface area contributed by atoms with Crippen molar-refractivity contribution in [2.75, 3.05) is 7.11 Å². The largest absolute Gasteiger partial charge is 0.494 e. The number of hydrogen-bond donors (Lipinski definition) is 3. The molecule has 0 aliphatic rings. The first-order chi connectivity index (χ1) is 14.8. The third-order valence-electron chi connectivity index (χ3n) is 4.58. The molecule has 1 amide bonds. The summed E-state index contributed by atoms with van der Waals surface area (Å²) in [5.41, 5.74) is 2.64. The maximum absolute atomic E-state index is 14.3. The number of ether oxygens (including phenoxy) is 1. The van der Waals surface area contributed by atoms with Gasteiger partial charge in [-0.05, 0) is 30.7 Å². The van der Waals surface area contributed by atoms with E-state index in [0.29, 0.717) is 11.1 Å². The molecule has 0 aliphatic carbocycles. The summed E-state index contributed by atoms with van der Waals surface area (Å²) in [5, 5.41) is 18.1. The molecule has 0 aliphatic heterocycles. The summed E-state index contributed by atoms with van der Waals surface area (Å²) in [4.78, 5) is 11.2. The summed E-state index contributed by atoms with van der Waals surface area (Å²) in [6.07, 6.45) is 0.482. The average molecular weight is 449 g/mol. The van der Waals surface area contributed by atoms with Crippen LogP contribution in [0.5, 0.6) is 5.75 Å². The van der Waals surface area contributed by atoms with Gasteiger partial charge >= 0.3 is 0 Å². The van der Waals surface area contributed by atoms with Crippen molar-refractivity contribution in [3.63, 3.8) is 0 Å². The van der Waals surface area contributed by atoms with Gasteiger partial charge in [0.2, 0.25) is 15.9 Å². The highest BCUT2D eigenvalue weighted by atomic mass is 32.2. The van der Waals surface area contributed by atoms with Crippen molar-refractivity contribution < 1.29 is 32.1 Å². The second-order valence-electron chi connectivity index (χ2n) is 6.61. The molecule has 2 aromatic carbocycles. The van der Waals surface area contributed by atoms with Crippen molar-refractivity contribution in [1.29, 1.82) is 0 Å². The fourth-order valence-electron chi connectivity index (χ4n) is 3.17. The molecule has 0 saturated heterocycles.